The van der Waals surface area contributed by atoms with E-state index in [2.05, 4.69) is 46.0 Å². The second-order valence-corrected chi connectivity index (χ2v) is 5.22. The number of pyridine rings is 1. The van der Waals surface area contributed by atoms with Crippen molar-refractivity contribution in [1.82, 2.24) is 15.1 Å². The summed E-state index contributed by atoms with van der Waals surface area (Å²) in [6, 6.07) is 13.9. The molecule has 0 aliphatic heterocycles. The van der Waals surface area contributed by atoms with Gasteiger partial charge in [0.25, 0.3) is 0 Å². The van der Waals surface area contributed by atoms with E-state index in [4.69, 9.17) is 4.52 Å². The van der Waals surface area contributed by atoms with Crippen molar-refractivity contribution in [2.24, 2.45) is 0 Å². The Morgan fingerprint density at radius 1 is 1.09 bits per heavy atom. The minimum Gasteiger partial charge on any atom is -0.339 e. The van der Waals surface area contributed by atoms with Crippen LogP contribution in [0.3, 0.4) is 0 Å². The molecule has 0 amide bonds. The van der Waals surface area contributed by atoms with Gasteiger partial charge in [-0.3, -0.25) is 0 Å². The average molecular weight is 303 g/mol. The molecule has 0 N–H and O–H groups in total. The number of aryl methyl sites for hydroxylation is 2. The third-order valence-corrected chi connectivity index (χ3v) is 3.47. The Kier molecular flexibility index (Phi) is 4.80. The molecule has 0 spiro atoms. The van der Waals surface area contributed by atoms with Crippen LogP contribution in [0.15, 0.2) is 53.2 Å². The van der Waals surface area contributed by atoms with E-state index in [0.717, 1.165) is 5.69 Å². The van der Waals surface area contributed by atoms with Crippen molar-refractivity contribution in [2.45, 2.75) is 26.2 Å². The smallest absolute Gasteiger partial charge is 0.227 e. The third kappa shape index (κ3) is 4.27. The Bertz CT molecular complexity index is 828. The van der Waals surface area contributed by atoms with Gasteiger partial charge in [-0.1, -0.05) is 41.4 Å². The maximum atomic E-state index is 5.28. The number of hydrogen-bond donors (Lipinski definition) is 0. The van der Waals surface area contributed by atoms with Crippen LogP contribution in [-0.4, -0.2) is 15.1 Å². The first-order chi connectivity index (χ1) is 11.3. The summed E-state index contributed by atoms with van der Waals surface area (Å²) in [5.41, 5.74) is 3.23. The highest BCUT2D eigenvalue weighted by Gasteiger charge is 2.07. The van der Waals surface area contributed by atoms with E-state index >= 15 is 0 Å². The fourth-order valence-corrected chi connectivity index (χ4v) is 2.20. The molecule has 4 heteroatoms. The quantitative estimate of drug-likeness (QED) is 0.694. The minimum absolute atomic E-state index is 0.629. The number of benzene rings is 1. The molecule has 0 saturated heterocycles. The monoisotopic (exact) mass is 303 g/mol. The number of hydrogen-bond acceptors (Lipinski definition) is 4. The molecule has 0 fully saturated rings. The van der Waals surface area contributed by atoms with Gasteiger partial charge < -0.3 is 4.52 Å². The second kappa shape index (κ2) is 7.37. The zero-order valence-corrected chi connectivity index (χ0v) is 13.0. The number of aromatic nitrogens is 3. The van der Waals surface area contributed by atoms with Gasteiger partial charge in [0.1, 0.15) is 5.69 Å². The van der Waals surface area contributed by atoms with Crippen LogP contribution >= 0.6 is 0 Å². The molecule has 23 heavy (non-hydrogen) atoms. The van der Waals surface area contributed by atoms with Gasteiger partial charge in [-0.2, -0.15) is 4.98 Å². The average Bonchev–Trinajstić information content (AvgIpc) is 3.02. The number of nitrogens with zero attached hydrogens (tertiary/aromatic N) is 3. The lowest BCUT2D eigenvalue weighted by Gasteiger charge is -2.00. The molecule has 2 heterocycles. The second-order valence-electron chi connectivity index (χ2n) is 5.22. The summed E-state index contributed by atoms with van der Waals surface area (Å²) < 4.78 is 5.28. The lowest BCUT2D eigenvalue weighted by molar-refractivity contribution is 0.375. The van der Waals surface area contributed by atoms with E-state index in [-0.39, 0.29) is 0 Å². The van der Waals surface area contributed by atoms with Crippen molar-refractivity contribution >= 4 is 0 Å². The predicted octanol–water partition coefficient (Wildman–Crippen LogP) is 3.35. The van der Waals surface area contributed by atoms with Gasteiger partial charge in [0, 0.05) is 25.5 Å². The van der Waals surface area contributed by atoms with Gasteiger partial charge in [0.15, 0.2) is 5.82 Å². The zero-order chi connectivity index (χ0) is 15.9. The van der Waals surface area contributed by atoms with Gasteiger partial charge in [-0.25, -0.2) is 4.98 Å². The third-order valence-electron chi connectivity index (χ3n) is 3.47. The highest BCUT2D eigenvalue weighted by atomic mass is 16.5. The molecule has 0 aliphatic rings. The lowest BCUT2D eigenvalue weighted by atomic mass is 10.1. The van der Waals surface area contributed by atoms with Crippen LogP contribution in [-0.2, 0) is 12.8 Å². The first-order valence-corrected chi connectivity index (χ1v) is 7.57. The van der Waals surface area contributed by atoms with E-state index < -0.39 is 0 Å². The largest absolute Gasteiger partial charge is 0.339 e. The summed E-state index contributed by atoms with van der Waals surface area (Å²) >= 11 is 0. The molecular formula is C19H17N3O. The molecule has 0 unspecified atom stereocenters. The highest BCUT2D eigenvalue weighted by molar-refractivity contribution is 5.28. The van der Waals surface area contributed by atoms with Crippen LogP contribution in [0.4, 0.5) is 0 Å². The molecular weight excluding hydrogens is 286 g/mol. The Morgan fingerprint density at radius 2 is 1.96 bits per heavy atom. The molecule has 0 aliphatic carbocycles. The molecule has 3 rings (SSSR count). The summed E-state index contributed by atoms with van der Waals surface area (Å²) in [5.74, 6) is 7.44. The fraction of sp³-hybridized carbons (Fsp3) is 0.211. The summed E-state index contributed by atoms with van der Waals surface area (Å²) in [6.45, 7) is 2.09. The number of rotatable bonds is 4. The van der Waals surface area contributed by atoms with Crippen molar-refractivity contribution in [1.29, 1.82) is 0 Å². The molecule has 0 radical (unpaired) electrons. The zero-order valence-electron chi connectivity index (χ0n) is 13.0. The van der Waals surface area contributed by atoms with Gasteiger partial charge in [0.2, 0.25) is 5.89 Å². The SMILES string of the molecule is Cc1ccccc1Cc1noc(CCC#Cc2ccccn2)n1. The maximum absolute atomic E-state index is 5.28. The van der Waals surface area contributed by atoms with Crippen molar-refractivity contribution in [3.63, 3.8) is 0 Å². The van der Waals surface area contributed by atoms with Crippen molar-refractivity contribution in [2.75, 3.05) is 0 Å². The van der Waals surface area contributed by atoms with Crippen molar-refractivity contribution < 1.29 is 4.52 Å². The van der Waals surface area contributed by atoms with Gasteiger partial charge in [-0.15, -0.1) is 0 Å². The van der Waals surface area contributed by atoms with E-state index in [1.165, 1.54) is 11.1 Å². The van der Waals surface area contributed by atoms with E-state index in [9.17, 15) is 0 Å². The summed E-state index contributed by atoms with van der Waals surface area (Å²) in [6.07, 6.45) is 3.75. The molecule has 0 atom stereocenters. The molecule has 0 bridgehead atoms. The standard InChI is InChI=1S/C19H17N3O/c1-15-8-2-3-9-16(15)14-18-21-19(23-22-18)12-5-4-10-17-11-6-7-13-20-17/h2-3,6-9,11,13H,5,12,14H2,1H3. The first kappa shape index (κ1) is 15.0. The van der Waals surface area contributed by atoms with E-state index in [1.54, 1.807) is 6.20 Å². The summed E-state index contributed by atoms with van der Waals surface area (Å²) in [5, 5.41) is 4.04. The van der Waals surface area contributed by atoms with Crippen LogP contribution in [0.5, 0.6) is 0 Å². The van der Waals surface area contributed by atoms with Crippen molar-refractivity contribution in [3.05, 3.63) is 77.2 Å². The minimum atomic E-state index is 0.629. The van der Waals surface area contributed by atoms with Crippen molar-refractivity contribution in [3.8, 4) is 11.8 Å². The highest BCUT2D eigenvalue weighted by Crippen LogP contribution is 2.12. The van der Waals surface area contributed by atoms with Crippen LogP contribution in [0, 0.1) is 18.8 Å². The molecule has 1 aromatic carbocycles. The van der Waals surface area contributed by atoms with Crippen LogP contribution in [0.2, 0.25) is 0 Å². The van der Waals surface area contributed by atoms with Gasteiger partial charge in [-0.05, 0) is 36.1 Å². The Labute approximate surface area is 135 Å². The normalized spacial score (nSPS) is 10.1. The summed E-state index contributed by atoms with van der Waals surface area (Å²) in [4.78, 5) is 8.59. The van der Waals surface area contributed by atoms with Crippen LogP contribution in [0.1, 0.15) is 35.0 Å². The first-order valence-electron chi connectivity index (χ1n) is 7.57. The fourth-order valence-electron chi connectivity index (χ4n) is 2.20. The van der Waals surface area contributed by atoms with E-state index in [0.29, 0.717) is 31.0 Å². The predicted molar refractivity (Wildman–Crippen MR) is 87.7 cm³/mol. The topological polar surface area (TPSA) is 51.8 Å². The molecule has 4 nitrogen and oxygen atoms in total. The lowest BCUT2D eigenvalue weighted by Crippen LogP contribution is -1.94. The molecule has 3 aromatic rings. The Morgan fingerprint density at radius 3 is 2.78 bits per heavy atom. The maximum Gasteiger partial charge on any atom is 0.227 e. The Balaban J connectivity index is 1.56. The van der Waals surface area contributed by atoms with E-state index in [1.807, 2.05) is 30.3 Å². The summed E-state index contributed by atoms with van der Waals surface area (Å²) in [7, 11) is 0. The van der Waals surface area contributed by atoms with Gasteiger partial charge >= 0.3 is 0 Å². The molecule has 0 saturated carbocycles. The van der Waals surface area contributed by atoms with Crippen LogP contribution in [0.25, 0.3) is 0 Å². The Hall–Kier alpha value is -2.93. The van der Waals surface area contributed by atoms with Gasteiger partial charge in [0.05, 0.1) is 0 Å². The van der Waals surface area contributed by atoms with Crippen LogP contribution < -0.4 is 0 Å². The molecule has 2 aromatic heterocycles. The molecule has 114 valence electrons.